The minimum absolute atomic E-state index is 0.0127. The van der Waals surface area contributed by atoms with Crippen LogP contribution in [0.1, 0.15) is 42.7 Å². The Kier molecular flexibility index (Phi) is 7.71. The topological polar surface area (TPSA) is 178 Å². The van der Waals surface area contributed by atoms with Gasteiger partial charge in [0, 0.05) is 11.6 Å². The van der Waals surface area contributed by atoms with Crippen molar-refractivity contribution in [2.24, 2.45) is 0 Å². The molecule has 0 unspecified atom stereocenters. The van der Waals surface area contributed by atoms with Gasteiger partial charge in [-0.15, -0.1) is 5.10 Å². The molecule has 15 heteroatoms. The summed E-state index contributed by atoms with van der Waals surface area (Å²) in [6.45, 7) is 5.15. The summed E-state index contributed by atoms with van der Waals surface area (Å²) in [6.07, 6.45) is -1.10. The molecule has 184 valence electrons. The van der Waals surface area contributed by atoms with E-state index in [9.17, 15) is 24.0 Å². The van der Waals surface area contributed by atoms with E-state index < -0.39 is 28.9 Å². The van der Waals surface area contributed by atoms with Crippen molar-refractivity contribution in [1.29, 1.82) is 0 Å². The van der Waals surface area contributed by atoms with Gasteiger partial charge in [-0.05, 0) is 25.0 Å². The molecule has 0 saturated heterocycles. The van der Waals surface area contributed by atoms with E-state index in [1.165, 1.54) is 25.1 Å². The number of aromatic nitrogens is 5. The van der Waals surface area contributed by atoms with Gasteiger partial charge in [0.15, 0.2) is 5.75 Å². The number of carbonyl (C=O) groups excluding carboxylic acids is 2. The Morgan fingerprint density at radius 1 is 1.11 bits per heavy atom. The van der Waals surface area contributed by atoms with Crippen LogP contribution in [0.4, 0.5) is 4.79 Å². The fourth-order valence-corrected chi connectivity index (χ4v) is 3.35. The second kappa shape index (κ2) is 10.5. The summed E-state index contributed by atoms with van der Waals surface area (Å²) in [4.78, 5) is 61.9. The number of nitrogens with zero attached hydrogens (tertiary/aromatic N) is 3. The van der Waals surface area contributed by atoms with Gasteiger partial charge in [-0.25, -0.2) is 14.7 Å². The van der Waals surface area contributed by atoms with Gasteiger partial charge in [0.05, 0.1) is 22.3 Å². The molecule has 3 N–H and O–H groups in total. The lowest BCUT2D eigenvalue weighted by Crippen LogP contribution is -2.41. The van der Waals surface area contributed by atoms with Crippen molar-refractivity contribution in [3.8, 4) is 17.3 Å². The third-order valence-electron chi connectivity index (χ3n) is 4.40. The minimum atomic E-state index is -1.19. The first-order valence-corrected chi connectivity index (χ1v) is 10.8. The molecule has 0 aliphatic heterocycles. The maximum absolute atomic E-state index is 12.3. The fraction of sp³-hybridized carbons (Fsp3) is 0.250. The van der Waals surface area contributed by atoms with Crippen LogP contribution in [-0.2, 0) is 4.74 Å². The summed E-state index contributed by atoms with van der Waals surface area (Å²) in [7, 11) is 0. The highest BCUT2D eigenvalue weighted by atomic mass is 35.5. The Bertz CT molecular complexity index is 1450. The predicted molar refractivity (Wildman–Crippen MR) is 124 cm³/mol. The lowest BCUT2D eigenvalue weighted by molar-refractivity contribution is 0.0916. The maximum atomic E-state index is 12.3. The van der Waals surface area contributed by atoms with Crippen molar-refractivity contribution in [3.05, 3.63) is 70.7 Å². The summed E-state index contributed by atoms with van der Waals surface area (Å²) >= 11 is 12.6. The van der Waals surface area contributed by atoms with E-state index in [0.29, 0.717) is 10.2 Å². The second-order valence-electron chi connectivity index (χ2n) is 7.18. The van der Waals surface area contributed by atoms with Crippen LogP contribution in [0.5, 0.6) is 11.6 Å². The van der Waals surface area contributed by atoms with Gasteiger partial charge >= 0.3 is 11.8 Å². The van der Waals surface area contributed by atoms with E-state index in [2.05, 4.69) is 20.0 Å². The first kappa shape index (κ1) is 25.6. The zero-order valence-electron chi connectivity index (χ0n) is 18.5. The molecule has 2 amide bonds. The molecule has 2 aromatic heterocycles. The molecule has 0 spiro atoms. The number of aromatic amines is 2. The first-order valence-electron chi connectivity index (χ1n) is 10.0. The summed E-state index contributed by atoms with van der Waals surface area (Å²) in [5, 5.41) is 11.5. The Hall–Kier alpha value is -3.97. The molecule has 0 fully saturated rings. The van der Waals surface area contributed by atoms with Crippen LogP contribution in [-0.4, -0.2) is 43.6 Å². The van der Waals surface area contributed by atoms with Gasteiger partial charge in [0.2, 0.25) is 11.6 Å². The number of halogens is 2. The third-order valence-corrected chi connectivity index (χ3v) is 4.96. The molecule has 0 atom stereocenters. The van der Waals surface area contributed by atoms with Crippen LogP contribution in [0.15, 0.2) is 32.6 Å². The monoisotopic (exact) mass is 524 g/mol. The summed E-state index contributed by atoms with van der Waals surface area (Å²) in [5.41, 5.74) is -2.90. The lowest BCUT2D eigenvalue weighted by Gasteiger charge is -2.12. The van der Waals surface area contributed by atoms with Crippen LogP contribution in [0.25, 0.3) is 5.69 Å². The number of ether oxygens (including phenoxy) is 2. The van der Waals surface area contributed by atoms with E-state index in [1.54, 1.807) is 0 Å². The number of benzene rings is 1. The Balaban J connectivity index is 1.99. The van der Waals surface area contributed by atoms with E-state index in [0.717, 1.165) is 0 Å². The van der Waals surface area contributed by atoms with Gasteiger partial charge in [0.25, 0.3) is 17.0 Å². The fourth-order valence-electron chi connectivity index (χ4n) is 2.80. The van der Waals surface area contributed by atoms with Gasteiger partial charge in [0.1, 0.15) is 0 Å². The third kappa shape index (κ3) is 5.75. The first-order chi connectivity index (χ1) is 16.5. The summed E-state index contributed by atoms with van der Waals surface area (Å²) < 4.78 is 10.9. The number of amides is 2. The molecule has 0 aliphatic rings. The van der Waals surface area contributed by atoms with Crippen LogP contribution >= 0.6 is 23.2 Å². The molecular weight excluding hydrogens is 507 g/mol. The number of rotatable bonds is 6. The van der Waals surface area contributed by atoms with Crippen molar-refractivity contribution in [3.63, 3.8) is 0 Å². The van der Waals surface area contributed by atoms with Gasteiger partial charge in [-0.3, -0.25) is 24.7 Å². The molecule has 13 nitrogen and oxygen atoms in total. The molecule has 0 radical (unpaired) electrons. The second-order valence-corrected chi connectivity index (χ2v) is 7.99. The SMILES string of the molecule is CCOC(=O)NC(=O)c1nn(-c2cc(Cl)c(Oc3cc(C(C)C)c(=O)[nH]n3)c(Cl)c2)c(=O)[nH]c1=O. The van der Waals surface area contributed by atoms with E-state index >= 15 is 0 Å². The molecule has 35 heavy (non-hydrogen) atoms. The standard InChI is InChI=1S/C20H18Cl2N6O7/c1-4-34-20(33)24-18(31)14-17(30)23-19(32)28(27-14)9-5-11(21)15(12(22)6-9)35-13-7-10(8(2)3)16(29)26-25-13/h5-8H,4H2,1-3H3,(H,26,29)(H,23,30,32)(H,24,31,33). The molecule has 0 bridgehead atoms. The van der Waals surface area contributed by atoms with Crippen LogP contribution in [0.3, 0.4) is 0 Å². The highest BCUT2D eigenvalue weighted by Gasteiger charge is 2.21. The van der Waals surface area contributed by atoms with Crippen LogP contribution in [0, 0.1) is 0 Å². The van der Waals surface area contributed by atoms with Crippen molar-refractivity contribution in [1.82, 2.24) is 30.3 Å². The molecule has 3 rings (SSSR count). The van der Waals surface area contributed by atoms with Gasteiger partial charge in [-0.2, -0.15) is 9.78 Å². The Morgan fingerprint density at radius 3 is 2.37 bits per heavy atom. The average Bonchev–Trinajstić information content (AvgIpc) is 2.77. The van der Waals surface area contributed by atoms with Crippen molar-refractivity contribution >= 4 is 35.2 Å². The molecule has 2 heterocycles. The normalized spacial score (nSPS) is 10.8. The number of imide groups is 1. The molecule has 3 aromatic rings. The Morgan fingerprint density at radius 2 is 1.77 bits per heavy atom. The largest absolute Gasteiger partial charge is 0.450 e. The zero-order valence-corrected chi connectivity index (χ0v) is 20.0. The molecular formula is C20H18Cl2N6O7. The number of nitrogens with one attached hydrogen (secondary N) is 3. The maximum Gasteiger partial charge on any atom is 0.414 e. The number of carbonyl (C=O) groups is 2. The van der Waals surface area contributed by atoms with Gasteiger partial charge in [-0.1, -0.05) is 37.0 Å². The van der Waals surface area contributed by atoms with Crippen LogP contribution < -0.4 is 26.9 Å². The van der Waals surface area contributed by atoms with Gasteiger partial charge < -0.3 is 9.47 Å². The summed E-state index contributed by atoms with van der Waals surface area (Å²) in [5.74, 6) is -1.32. The smallest absolute Gasteiger partial charge is 0.414 e. The molecule has 0 saturated carbocycles. The predicted octanol–water partition coefficient (Wildman–Crippen LogP) is 2.11. The Labute approximate surface area is 206 Å². The average molecular weight is 525 g/mol. The molecule has 1 aromatic carbocycles. The number of H-pyrrole nitrogens is 2. The van der Waals surface area contributed by atoms with E-state index in [-0.39, 0.29) is 45.4 Å². The number of hydrogen-bond donors (Lipinski definition) is 3. The van der Waals surface area contributed by atoms with Crippen molar-refractivity contribution < 1.29 is 19.1 Å². The zero-order chi connectivity index (χ0) is 25.9. The van der Waals surface area contributed by atoms with E-state index in [4.69, 9.17) is 27.9 Å². The highest BCUT2D eigenvalue weighted by molar-refractivity contribution is 6.37. The number of alkyl carbamates (subject to hydrolysis) is 1. The van der Waals surface area contributed by atoms with Crippen molar-refractivity contribution in [2.75, 3.05) is 6.61 Å². The quantitative estimate of drug-likeness (QED) is 0.435. The number of hydrogen-bond acceptors (Lipinski definition) is 9. The van der Waals surface area contributed by atoms with Crippen molar-refractivity contribution in [2.45, 2.75) is 26.7 Å². The highest BCUT2D eigenvalue weighted by Crippen LogP contribution is 2.37. The minimum Gasteiger partial charge on any atom is -0.450 e. The summed E-state index contributed by atoms with van der Waals surface area (Å²) in [6, 6.07) is 3.90. The van der Waals surface area contributed by atoms with E-state index in [1.807, 2.05) is 24.1 Å². The lowest BCUT2D eigenvalue weighted by atomic mass is 10.1. The van der Waals surface area contributed by atoms with Crippen LogP contribution in [0.2, 0.25) is 10.0 Å². The molecule has 0 aliphatic carbocycles.